The number of fused-ring (bicyclic) bond motifs is 3. The largest absolute Gasteiger partial charge is 0.276 e. The quantitative estimate of drug-likeness (QED) is 0.726. The van der Waals surface area contributed by atoms with E-state index in [0.717, 1.165) is 33.6 Å². The molecule has 3 nitrogen and oxygen atoms in total. The molecule has 0 aliphatic heterocycles. The number of H-pyrrole nitrogens is 1. The lowest BCUT2D eigenvalue weighted by Crippen LogP contribution is -2.00. The Labute approximate surface area is 120 Å². The fraction of sp³-hybridized carbons (Fsp3) is 0.412. The van der Waals surface area contributed by atoms with Crippen LogP contribution in [0.1, 0.15) is 34.1 Å². The first-order chi connectivity index (χ1) is 9.63. The van der Waals surface area contributed by atoms with Crippen LogP contribution in [0.15, 0.2) is 36.7 Å². The Balaban J connectivity index is 0.000000182. The third-order valence-electron chi connectivity index (χ3n) is 3.97. The summed E-state index contributed by atoms with van der Waals surface area (Å²) in [6.45, 7) is 9.08. The number of nitrogens with one attached hydrogen (secondary N) is 1. The molecule has 3 heteroatoms. The molecule has 3 rings (SSSR count). The zero-order valence-electron chi connectivity index (χ0n) is 12.7. The molecular weight excluding hydrogens is 246 g/mol. The van der Waals surface area contributed by atoms with E-state index in [1.54, 1.807) is 6.20 Å². The third kappa shape index (κ3) is 3.16. The Hall–Kier alpha value is -1.90. The summed E-state index contributed by atoms with van der Waals surface area (Å²) in [7, 11) is 0. The Morgan fingerprint density at radius 1 is 1.10 bits per heavy atom. The molecule has 0 saturated heterocycles. The summed E-state index contributed by atoms with van der Waals surface area (Å²) in [6.07, 6.45) is 4.92. The smallest absolute Gasteiger partial charge is 0.0958 e. The first-order valence-corrected chi connectivity index (χ1v) is 7.30. The van der Waals surface area contributed by atoms with Crippen LogP contribution < -0.4 is 0 Å². The van der Waals surface area contributed by atoms with E-state index in [4.69, 9.17) is 0 Å². The second-order valence-corrected chi connectivity index (χ2v) is 5.60. The van der Waals surface area contributed by atoms with E-state index in [2.05, 4.69) is 48.9 Å². The first-order valence-electron chi connectivity index (χ1n) is 7.30. The van der Waals surface area contributed by atoms with Crippen LogP contribution in [0, 0.1) is 11.8 Å². The van der Waals surface area contributed by atoms with Crippen LogP contribution in [0.2, 0.25) is 0 Å². The van der Waals surface area contributed by atoms with Crippen LogP contribution in [0.3, 0.4) is 0 Å². The maximum atomic E-state index is 4.31. The van der Waals surface area contributed by atoms with Gasteiger partial charge in [-0.15, -0.1) is 0 Å². The van der Waals surface area contributed by atoms with Gasteiger partial charge < -0.3 is 0 Å². The van der Waals surface area contributed by atoms with E-state index in [0.29, 0.717) is 0 Å². The highest BCUT2D eigenvalue weighted by atomic mass is 15.1. The minimum Gasteiger partial charge on any atom is -0.276 e. The molecule has 3 aromatic rings. The zero-order chi connectivity index (χ0) is 14.5. The van der Waals surface area contributed by atoms with E-state index in [-0.39, 0.29) is 0 Å². The summed E-state index contributed by atoms with van der Waals surface area (Å²) in [5.41, 5.74) is 2.00. The molecule has 0 bridgehead atoms. The second kappa shape index (κ2) is 6.51. The Morgan fingerprint density at radius 2 is 1.85 bits per heavy atom. The van der Waals surface area contributed by atoms with Crippen molar-refractivity contribution in [2.24, 2.45) is 11.8 Å². The highest BCUT2D eigenvalue weighted by molar-refractivity contribution is 6.02. The fourth-order valence-electron chi connectivity index (χ4n) is 2.02. The van der Waals surface area contributed by atoms with Crippen LogP contribution in [0.4, 0.5) is 0 Å². The average molecular weight is 269 g/mol. The van der Waals surface area contributed by atoms with Crippen molar-refractivity contribution in [3.8, 4) is 0 Å². The molecule has 2 heterocycles. The highest BCUT2D eigenvalue weighted by Gasteiger charge is 2.01. The SMILES string of the molecule is CCC(C)C(C)C.c1cnc2c(c1)ccc1cn[nH]c12. The van der Waals surface area contributed by atoms with E-state index < -0.39 is 0 Å². The Morgan fingerprint density at radius 3 is 2.50 bits per heavy atom. The molecule has 1 N–H and O–H groups in total. The van der Waals surface area contributed by atoms with Crippen molar-refractivity contribution in [1.29, 1.82) is 0 Å². The number of nitrogens with zero attached hydrogens (tertiary/aromatic N) is 2. The molecule has 0 saturated carbocycles. The van der Waals surface area contributed by atoms with E-state index in [1.165, 1.54) is 6.42 Å². The van der Waals surface area contributed by atoms with Crippen LogP contribution in [-0.4, -0.2) is 15.2 Å². The van der Waals surface area contributed by atoms with Gasteiger partial charge in [0.05, 0.1) is 17.2 Å². The molecule has 0 aliphatic carbocycles. The van der Waals surface area contributed by atoms with E-state index in [9.17, 15) is 0 Å². The zero-order valence-corrected chi connectivity index (χ0v) is 12.7. The Kier molecular flexibility index (Phi) is 4.72. The van der Waals surface area contributed by atoms with Crippen molar-refractivity contribution in [2.45, 2.75) is 34.1 Å². The number of benzene rings is 1. The van der Waals surface area contributed by atoms with Gasteiger partial charge in [-0.05, 0) is 17.9 Å². The molecule has 1 unspecified atom stereocenters. The maximum Gasteiger partial charge on any atom is 0.0958 e. The molecule has 0 amide bonds. The summed E-state index contributed by atoms with van der Waals surface area (Å²) in [6, 6.07) is 8.08. The fourth-order valence-corrected chi connectivity index (χ4v) is 2.02. The van der Waals surface area contributed by atoms with Gasteiger partial charge >= 0.3 is 0 Å². The molecule has 1 atom stereocenters. The number of rotatable bonds is 2. The summed E-state index contributed by atoms with van der Waals surface area (Å²) in [5.74, 6) is 1.77. The molecule has 0 fully saturated rings. The maximum absolute atomic E-state index is 4.31. The van der Waals surface area contributed by atoms with Gasteiger partial charge in [0.1, 0.15) is 0 Å². The third-order valence-corrected chi connectivity index (χ3v) is 3.97. The molecular formula is C17H23N3. The molecule has 0 aliphatic rings. The average Bonchev–Trinajstić information content (AvgIpc) is 2.96. The standard InChI is InChI=1S/C10H7N3.C7H16/c1-2-7-3-4-8-6-12-13-10(8)9(7)11-5-1;1-5-7(4)6(2)3/h1-6H,(H,12,13);6-7H,5H2,1-4H3. The minimum absolute atomic E-state index is 0.866. The lowest BCUT2D eigenvalue weighted by molar-refractivity contribution is 0.407. The van der Waals surface area contributed by atoms with Gasteiger partial charge in [-0.3, -0.25) is 10.1 Å². The molecule has 106 valence electrons. The number of hydrogen-bond donors (Lipinski definition) is 1. The van der Waals surface area contributed by atoms with E-state index >= 15 is 0 Å². The van der Waals surface area contributed by atoms with Crippen LogP contribution >= 0.6 is 0 Å². The van der Waals surface area contributed by atoms with E-state index in [1.807, 2.05) is 24.4 Å². The molecule has 1 aromatic carbocycles. The summed E-state index contributed by atoms with van der Waals surface area (Å²) < 4.78 is 0. The molecule has 2 aromatic heterocycles. The summed E-state index contributed by atoms with van der Waals surface area (Å²) in [4.78, 5) is 4.31. The van der Waals surface area contributed by atoms with Crippen LogP contribution in [0.5, 0.6) is 0 Å². The van der Waals surface area contributed by atoms with Gasteiger partial charge in [-0.2, -0.15) is 5.10 Å². The van der Waals surface area contributed by atoms with Gasteiger partial charge in [0.2, 0.25) is 0 Å². The summed E-state index contributed by atoms with van der Waals surface area (Å²) in [5, 5.41) is 9.18. The van der Waals surface area contributed by atoms with Crippen molar-refractivity contribution in [3.05, 3.63) is 36.7 Å². The topological polar surface area (TPSA) is 41.6 Å². The summed E-state index contributed by atoms with van der Waals surface area (Å²) >= 11 is 0. The number of pyridine rings is 1. The lowest BCUT2D eigenvalue weighted by Gasteiger charge is -2.10. The first kappa shape index (κ1) is 14.5. The van der Waals surface area contributed by atoms with Crippen LogP contribution in [-0.2, 0) is 0 Å². The van der Waals surface area contributed by atoms with Crippen molar-refractivity contribution in [3.63, 3.8) is 0 Å². The predicted molar refractivity (Wildman–Crippen MR) is 85.7 cm³/mol. The Bertz CT molecular complexity index is 670. The highest BCUT2D eigenvalue weighted by Crippen LogP contribution is 2.20. The normalized spacial score (nSPS) is 12.4. The monoisotopic (exact) mass is 269 g/mol. The lowest BCUT2D eigenvalue weighted by atomic mass is 9.96. The predicted octanol–water partition coefficient (Wildman–Crippen LogP) is 4.80. The van der Waals surface area contributed by atoms with Crippen LogP contribution in [0.25, 0.3) is 21.8 Å². The number of aromatic nitrogens is 3. The molecule has 0 spiro atoms. The minimum atomic E-state index is 0.866. The van der Waals surface area contributed by atoms with Crippen molar-refractivity contribution >= 4 is 21.8 Å². The van der Waals surface area contributed by atoms with Gasteiger partial charge in [0, 0.05) is 17.0 Å². The van der Waals surface area contributed by atoms with Crippen molar-refractivity contribution in [2.75, 3.05) is 0 Å². The van der Waals surface area contributed by atoms with Gasteiger partial charge in [-0.1, -0.05) is 52.3 Å². The number of aromatic amines is 1. The van der Waals surface area contributed by atoms with Gasteiger partial charge in [-0.25, -0.2) is 0 Å². The van der Waals surface area contributed by atoms with Gasteiger partial charge in [0.25, 0.3) is 0 Å². The molecule has 0 radical (unpaired) electrons. The molecule has 20 heavy (non-hydrogen) atoms. The number of hydrogen-bond acceptors (Lipinski definition) is 2. The second-order valence-electron chi connectivity index (χ2n) is 5.60. The van der Waals surface area contributed by atoms with Crippen molar-refractivity contribution < 1.29 is 0 Å². The van der Waals surface area contributed by atoms with Crippen molar-refractivity contribution in [1.82, 2.24) is 15.2 Å². The van der Waals surface area contributed by atoms with Gasteiger partial charge in [0.15, 0.2) is 0 Å².